The van der Waals surface area contributed by atoms with Gasteiger partial charge in [-0.15, -0.1) is 23.7 Å². The third kappa shape index (κ3) is 3.59. The molecule has 26 heavy (non-hydrogen) atoms. The summed E-state index contributed by atoms with van der Waals surface area (Å²) in [5.41, 5.74) is 6.35. The van der Waals surface area contributed by atoms with Crippen molar-refractivity contribution in [2.24, 2.45) is 5.73 Å². The fourth-order valence-electron chi connectivity index (χ4n) is 3.42. The van der Waals surface area contributed by atoms with Gasteiger partial charge in [0.2, 0.25) is 0 Å². The second kappa shape index (κ2) is 7.96. The van der Waals surface area contributed by atoms with Gasteiger partial charge in [0.15, 0.2) is 0 Å². The van der Waals surface area contributed by atoms with Crippen LogP contribution in [0.1, 0.15) is 22.5 Å². The van der Waals surface area contributed by atoms with Crippen molar-refractivity contribution in [3.05, 3.63) is 23.3 Å². The molecule has 0 unspecified atom stereocenters. The normalized spacial score (nSPS) is 23.3. The van der Waals surface area contributed by atoms with E-state index in [1.807, 2.05) is 6.07 Å². The zero-order valence-corrected chi connectivity index (χ0v) is 15.9. The van der Waals surface area contributed by atoms with Crippen molar-refractivity contribution in [2.75, 3.05) is 32.7 Å². The summed E-state index contributed by atoms with van der Waals surface area (Å²) in [7, 11) is 0. The van der Waals surface area contributed by atoms with Gasteiger partial charge < -0.3 is 24.7 Å². The number of fused-ring (bicyclic) bond motifs is 1. The van der Waals surface area contributed by atoms with Crippen LogP contribution in [0.3, 0.4) is 0 Å². The molecule has 2 N–H and O–H groups in total. The molecule has 2 amide bonds. The van der Waals surface area contributed by atoms with Gasteiger partial charge in [0.1, 0.15) is 11.7 Å². The molecular weight excluding hydrogens is 378 g/mol. The van der Waals surface area contributed by atoms with E-state index in [0.717, 1.165) is 23.1 Å². The van der Waals surface area contributed by atoms with Crippen molar-refractivity contribution in [1.29, 1.82) is 0 Å². The van der Waals surface area contributed by atoms with Crippen LogP contribution >= 0.6 is 23.7 Å². The molecule has 0 aromatic carbocycles. The highest BCUT2D eigenvalue weighted by Crippen LogP contribution is 2.28. The van der Waals surface area contributed by atoms with Gasteiger partial charge in [0.05, 0.1) is 21.9 Å². The standard InChI is InChI=1S/C17H21N3O4S.ClH/c18-10-11-1-2-12(24-11)16(21)19-4-6-20(7-5-19)17(22)15-9-13-14(25-15)3-8-23-13;/h3,8-9,11-12H,1-2,4-7,10,18H2;1H/t11-,12+;/m1./s1. The van der Waals surface area contributed by atoms with Crippen LogP contribution < -0.4 is 5.73 Å². The van der Waals surface area contributed by atoms with Crippen LogP contribution in [0.25, 0.3) is 10.3 Å². The van der Waals surface area contributed by atoms with Crippen LogP contribution in [-0.2, 0) is 9.53 Å². The van der Waals surface area contributed by atoms with E-state index in [9.17, 15) is 9.59 Å². The van der Waals surface area contributed by atoms with Gasteiger partial charge in [-0.1, -0.05) is 0 Å². The molecule has 142 valence electrons. The summed E-state index contributed by atoms with van der Waals surface area (Å²) in [5.74, 6) is 0.0282. The largest absolute Gasteiger partial charge is 0.463 e. The van der Waals surface area contributed by atoms with Crippen LogP contribution in [0, 0.1) is 0 Å². The molecule has 4 heterocycles. The van der Waals surface area contributed by atoms with Crippen molar-refractivity contribution in [1.82, 2.24) is 9.80 Å². The minimum Gasteiger partial charge on any atom is -0.463 e. The Morgan fingerprint density at radius 2 is 1.92 bits per heavy atom. The number of nitrogens with two attached hydrogens (primary N) is 1. The van der Waals surface area contributed by atoms with Crippen LogP contribution in [0.4, 0.5) is 0 Å². The van der Waals surface area contributed by atoms with Crippen molar-refractivity contribution in [2.45, 2.75) is 25.0 Å². The van der Waals surface area contributed by atoms with Crippen molar-refractivity contribution < 1.29 is 18.7 Å². The fraction of sp³-hybridized carbons (Fsp3) is 0.529. The minimum atomic E-state index is -0.375. The number of ether oxygens (including phenoxy) is 1. The number of carbonyl (C=O) groups excluding carboxylic acids is 2. The minimum absolute atomic E-state index is 0. The lowest BCUT2D eigenvalue weighted by Gasteiger charge is -2.35. The van der Waals surface area contributed by atoms with Gasteiger partial charge >= 0.3 is 0 Å². The van der Waals surface area contributed by atoms with Crippen molar-refractivity contribution in [3.8, 4) is 0 Å². The Bertz CT molecular complexity index is 755. The predicted molar refractivity (Wildman–Crippen MR) is 101 cm³/mol. The Morgan fingerprint density at radius 1 is 1.19 bits per heavy atom. The molecule has 0 aliphatic carbocycles. The molecule has 2 atom stereocenters. The van der Waals surface area contributed by atoms with Gasteiger partial charge in [-0.25, -0.2) is 0 Å². The number of amides is 2. The number of hydrogen-bond acceptors (Lipinski definition) is 6. The Balaban J connectivity index is 0.00000196. The maximum atomic E-state index is 12.6. The molecular formula is C17H22ClN3O4S. The van der Waals surface area contributed by atoms with Crippen LogP contribution in [0.2, 0.25) is 0 Å². The summed E-state index contributed by atoms with van der Waals surface area (Å²) in [6.07, 6.45) is 2.81. The summed E-state index contributed by atoms with van der Waals surface area (Å²) in [5, 5.41) is 0. The predicted octanol–water partition coefficient (Wildman–Crippen LogP) is 1.71. The Labute approximate surface area is 161 Å². The molecule has 2 saturated heterocycles. The first-order valence-corrected chi connectivity index (χ1v) is 9.38. The molecule has 7 nitrogen and oxygen atoms in total. The van der Waals surface area contributed by atoms with E-state index in [0.29, 0.717) is 37.6 Å². The molecule has 0 spiro atoms. The number of halogens is 1. The topological polar surface area (TPSA) is 89.0 Å². The summed E-state index contributed by atoms with van der Waals surface area (Å²) in [4.78, 5) is 29.4. The van der Waals surface area contributed by atoms with E-state index in [-0.39, 0.29) is 36.4 Å². The van der Waals surface area contributed by atoms with Gasteiger partial charge in [-0.2, -0.15) is 0 Å². The monoisotopic (exact) mass is 399 g/mol. The lowest BCUT2D eigenvalue weighted by atomic mass is 10.1. The smallest absolute Gasteiger partial charge is 0.264 e. The second-order valence-electron chi connectivity index (χ2n) is 6.44. The fourth-order valence-corrected chi connectivity index (χ4v) is 4.37. The highest BCUT2D eigenvalue weighted by Gasteiger charge is 2.34. The quantitative estimate of drug-likeness (QED) is 0.848. The van der Waals surface area contributed by atoms with Crippen LogP contribution in [-0.4, -0.2) is 66.5 Å². The van der Waals surface area contributed by atoms with E-state index in [1.54, 1.807) is 22.1 Å². The van der Waals surface area contributed by atoms with Crippen LogP contribution in [0.5, 0.6) is 0 Å². The third-order valence-corrected chi connectivity index (χ3v) is 5.94. The number of piperazine rings is 1. The lowest BCUT2D eigenvalue weighted by Crippen LogP contribution is -2.52. The molecule has 2 aromatic heterocycles. The molecule has 2 aliphatic rings. The molecule has 2 fully saturated rings. The summed E-state index contributed by atoms with van der Waals surface area (Å²) in [6.45, 7) is 2.61. The highest BCUT2D eigenvalue weighted by molar-refractivity contribution is 7.20. The second-order valence-corrected chi connectivity index (χ2v) is 7.52. The zero-order chi connectivity index (χ0) is 17.4. The molecule has 0 bridgehead atoms. The third-order valence-electron chi connectivity index (χ3n) is 4.87. The van der Waals surface area contributed by atoms with E-state index in [2.05, 4.69) is 0 Å². The first-order chi connectivity index (χ1) is 12.2. The maximum absolute atomic E-state index is 12.6. The Kier molecular flexibility index (Phi) is 5.86. The molecule has 0 radical (unpaired) electrons. The average molecular weight is 400 g/mol. The van der Waals surface area contributed by atoms with E-state index in [1.165, 1.54) is 11.3 Å². The number of nitrogens with zero attached hydrogens (tertiary/aromatic N) is 2. The number of hydrogen-bond donors (Lipinski definition) is 1. The number of furan rings is 1. The lowest BCUT2D eigenvalue weighted by molar-refractivity contribution is -0.144. The SMILES string of the molecule is Cl.NC[C@H]1CC[C@@H](C(=O)N2CCN(C(=O)c3cc4occc4s3)CC2)O1. The number of rotatable bonds is 3. The van der Waals surface area contributed by atoms with E-state index >= 15 is 0 Å². The van der Waals surface area contributed by atoms with Crippen molar-refractivity contribution >= 4 is 45.8 Å². The Hall–Kier alpha value is -1.61. The first kappa shape index (κ1) is 19.2. The summed E-state index contributed by atoms with van der Waals surface area (Å²) < 4.78 is 12.0. The molecule has 9 heteroatoms. The van der Waals surface area contributed by atoms with Gasteiger partial charge in [-0.05, 0) is 18.9 Å². The highest BCUT2D eigenvalue weighted by atomic mass is 35.5. The van der Waals surface area contributed by atoms with Gasteiger partial charge in [-0.3, -0.25) is 9.59 Å². The van der Waals surface area contributed by atoms with Gasteiger partial charge in [0, 0.05) is 38.8 Å². The maximum Gasteiger partial charge on any atom is 0.264 e. The van der Waals surface area contributed by atoms with Crippen molar-refractivity contribution in [3.63, 3.8) is 0 Å². The molecule has 4 rings (SSSR count). The summed E-state index contributed by atoms with van der Waals surface area (Å²) in [6, 6.07) is 3.66. The summed E-state index contributed by atoms with van der Waals surface area (Å²) >= 11 is 1.44. The van der Waals surface area contributed by atoms with Gasteiger partial charge in [0.25, 0.3) is 11.8 Å². The van der Waals surface area contributed by atoms with E-state index < -0.39 is 0 Å². The molecule has 2 aromatic rings. The zero-order valence-electron chi connectivity index (χ0n) is 14.3. The van der Waals surface area contributed by atoms with Crippen LogP contribution in [0.15, 0.2) is 22.8 Å². The Morgan fingerprint density at radius 3 is 2.58 bits per heavy atom. The molecule has 0 saturated carbocycles. The number of carbonyl (C=O) groups is 2. The average Bonchev–Trinajstić information content (AvgIpc) is 3.35. The number of thiophene rings is 1. The van der Waals surface area contributed by atoms with E-state index in [4.69, 9.17) is 14.9 Å². The first-order valence-electron chi connectivity index (χ1n) is 8.56. The molecule has 2 aliphatic heterocycles.